The van der Waals surface area contributed by atoms with E-state index in [1.807, 2.05) is 13.8 Å². The molecule has 4 saturated heterocycles. The van der Waals surface area contributed by atoms with Gasteiger partial charge in [-0.2, -0.15) is 0 Å². The van der Waals surface area contributed by atoms with E-state index in [0.29, 0.717) is 44.9 Å². The Morgan fingerprint density at radius 3 is 1.74 bits per heavy atom. The highest BCUT2D eigenvalue weighted by molar-refractivity contribution is 5.73. The summed E-state index contributed by atoms with van der Waals surface area (Å²) in [4.78, 5) is 13.1. The zero-order valence-electron chi connectivity index (χ0n) is 45.7. The summed E-state index contributed by atoms with van der Waals surface area (Å²) in [7, 11) is 0. The molecule has 0 aromatic rings. The van der Waals surface area contributed by atoms with Crippen LogP contribution < -0.4 is 0 Å². The lowest BCUT2D eigenvalue weighted by Gasteiger charge is -2.72. The molecule has 0 aromatic heterocycles. The van der Waals surface area contributed by atoms with Gasteiger partial charge in [0.2, 0.25) is 0 Å². The number of aliphatic hydroxyl groups excluding tert-OH is 14. The van der Waals surface area contributed by atoms with Crippen molar-refractivity contribution in [2.45, 2.75) is 248 Å². The fourth-order valence-electron chi connectivity index (χ4n) is 16.8. The van der Waals surface area contributed by atoms with Crippen molar-refractivity contribution in [3.8, 4) is 0 Å². The largest absolute Gasteiger partial charge is 0.479 e. The molecule has 0 bridgehead atoms. The van der Waals surface area contributed by atoms with Gasteiger partial charge in [0.05, 0.1) is 49.7 Å². The number of aliphatic hydroxyl groups is 14. The third kappa shape index (κ3) is 9.57. The van der Waals surface area contributed by atoms with Crippen LogP contribution in [0.2, 0.25) is 0 Å². The maximum absolute atomic E-state index is 13.1. The van der Waals surface area contributed by atoms with Gasteiger partial charge in [-0.05, 0) is 103 Å². The van der Waals surface area contributed by atoms with Crippen LogP contribution in [0.1, 0.15) is 107 Å². The summed E-state index contributed by atoms with van der Waals surface area (Å²) < 4.78 is 49.0. The maximum atomic E-state index is 13.1. The number of ether oxygens (including phenoxy) is 8. The lowest BCUT2D eigenvalue weighted by Crippen LogP contribution is -2.70. The molecule has 448 valence electrons. The Labute approximate surface area is 453 Å². The van der Waals surface area contributed by atoms with E-state index in [9.17, 15) is 81.4 Å². The van der Waals surface area contributed by atoms with Gasteiger partial charge in [0.1, 0.15) is 85.5 Å². The second kappa shape index (κ2) is 21.8. The van der Waals surface area contributed by atoms with E-state index in [1.54, 1.807) is 0 Å². The number of carbonyl (C=O) groups is 1. The molecule has 15 N–H and O–H groups in total. The molecule has 30 atom stereocenters. The molecule has 24 heteroatoms. The Hall–Kier alpha value is -1.67. The average Bonchev–Trinajstić information content (AvgIpc) is 2.22. The first-order chi connectivity index (χ1) is 36.4. The highest BCUT2D eigenvalue weighted by Crippen LogP contribution is 2.76. The fourth-order valence-corrected chi connectivity index (χ4v) is 16.8. The molecule has 30 unspecified atom stereocenters. The average molecular weight is 1120 g/mol. The highest BCUT2D eigenvalue weighted by atomic mass is 16.8. The van der Waals surface area contributed by atoms with Crippen molar-refractivity contribution in [3.05, 3.63) is 11.6 Å². The third-order valence-corrected chi connectivity index (χ3v) is 21.5. The van der Waals surface area contributed by atoms with E-state index in [1.165, 1.54) is 12.5 Å². The van der Waals surface area contributed by atoms with Gasteiger partial charge in [-0.25, -0.2) is 4.79 Å². The second-order valence-electron chi connectivity index (χ2n) is 26.6. The van der Waals surface area contributed by atoms with E-state index >= 15 is 0 Å². The standard InChI is InChI=1S/C54H88O24/c1-21-31(60)34(63)37(66)45(71-21)77-42-36(65)33(62)25(19-56)73-47(42)75-40-39(68)41(44(69)70)76-48(43(40)78-46-38(67)35(64)32(61)24(18-55)72-46)74-30-12-13-51(6)26(50(30,4)5)11-14-52(7)27(51)10-9-22-23-15-49(2,3)16-28(58)54(23,20-57)29(59)17-53(22,52)8/h9,21,23-43,45-48,55-68H,10-20H2,1-8H3,(H,69,70). The van der Waals surface area contributed by atoms with Crippen molar-refractivity contribution < 1.29 is 119 Å². The number of aliphatic carboxylic acids is 1. The molecule has 4 saturated carbocycles. The number of hydrogen-bond acceptors (Lipinski definition) is 23. The van der Waals surface area contributed by atoms with Crippen LogP contribution in [0.25, 0.3) is 0 Å². The zero-order valence-corrected chi connectivity index (χ0v) is 45.7. The molecule has 78 heavy (non-hydrogen) atoms. The number of fused-ring (bicyclic) bond motifs is 7. The van der Waals surface area contributed by atoms with E-state index in [4.69, 9.17) is 37.9 Å². The second-order valence-corrected chi connectivity index (χ2v) is 26.6. The predicted octanol–water partition coefficient (Wildman–Crippen LogP) is -2.50. The molecular weight excluding hydrogens is 1030 g/mol. The first kappa shape index (κ1) is 60.9. The Morgan fingerprint density at radius 1 is 0.577 bits per heavy atom. The topological polar surface area (TPSA) is 394 Å². The summed E-state index contributed by atoms with van der Waals surface area (Å²) in [5.74, 6) is -1.91. The van der Waals surface area contributed by atoms with Gasteiger partial charge in [-0.3, -0.25) is 0 Å². The smallest absolute Gasteiger partial charge is 0.335 e. The third-order valence-electron chi connectivity index (χ3n) is 21.5. The SMILES string of the molecule is CC1OC(OC2C(OC3C(O)C(C(=O)O)OC(OC4CCC5(C)C(CCC6(C)C5CC=C5C7CC(C)(C)CC(O)C7(CO)C(O)CC56C)C4(C)C)C3OC3OC(CO)C(O)C(O)C3O)OC(CO)C(O)C2O)C(O)C(O)C1O. The number of allylic oxidation sites excluding steroid dienone is 2. The summed E-state index contributed by atoms with van der Waals surface area (Å²) >= 11 is 0. The minimum absolute atomic E-state index is 0.0567. The van der Waals surface area contributed by atoms with Crippen LogP contribution in [-0.4, -0.2) is 244 Å². The van der Waals surface area contributed by atoms with Crippen molar-refractivity contribution >= 4 is 5.97 Å². The molecular formula is C54H88O24. The molecule has 8 fully saturated rings. The molecule has 0 spiro atoms. The monoisotopic (exact) mass is 1120 g/mol. The molecule has 5 aliphatic carbocycles. The van der Waals surface area contributed by atoms with Gasteiger partial charge in [0, 0.05) is 0 Å². The maximum Gasteiger partial charge on any atom is 0.335 e. The van der Waals surface area contributed by atoms with Gasteiger partial charge in [-0.15, -0.1) is 0 Å². The van der Waals surface area contributed by atoms with Gasteiger partial charge >= 0.3 is 5.97 Å². The van der Waals surface area contributed by atoms with E-state index in [2.05, 4.69) is 40.7 Å². The van der Waals surface area contributed by atoms with Crippen molar-refractivity contribution in [2.75, 3.05) is 19.8 Å². The highest BCUT2D eigenvalue weighted by Gasteiger charge is 2.72. The number of hydrogen-bond donors (Lipinski definition) is 15. The van der Waals surface area contributed by atoms with E-state index in [-0.39, 0.29) is 40.6 Å². The number of carboxylic acid groups (broad SMARTS) is 1. The summed E-state index contributed by atoms with van der Waals surface area (Å²) in [6, 6.07) is 0. The quantitative estimate of drug-likeness (QED) is 0.0709. The minimum Gasteiger partial charge on any atom is -0.479 e. The zero-order chi connectivity index (χ0) is 57.3. The van der Waals surface area contributed by atoms with Crippen LogP contribution >= 0.6 is 0 Å². The summed E-state index contributed by atoms with van der Waals surface area (Å²) in [5.41, 5.74) is -2.05. The molecule has 9 aliphatic rings. The Bertz CT molecular complexity index is 2170. The van der Waals surface area contributed by atoms with Crippen LogP contribution in [0.3, 0.4) is 0 Å². The lowest BCUT2D eigenvalue weighted by atomic mass is 9.33. The molecule has 0 radical (unpaired) electrons. The molecule has 0 aromatic carbocycles. The summed E-state index contributed by atoms with van der Waals surface area (Å²) in [6.07, 6.45) is -33.1. The van der Waals surface area contributed by atoms with Crippen molar-refractivity contribution in [2.24, 2.45) is 50.2 Å². The van der Waals surface area contributed by atoms with Crippen molar-refractivity contribution in [1.82, 2.24) is 0 Å². The lowest BCUT2D eigenvalue weighted by molar-refractivity contribution is -0.406. The van der Waals surface area contributed by atoms with Crippen LogP contribution in [-0.2, 0) is 42.7 Å². The molecule has 9 rings (SSSR count). The normalized spacial score (nSPS) is 54.9. The summed E-state index contributed by atoms with van der Waals surface area (Å²) in [6.45, 7) is 14.4. The van der Waals surface area contributed by atoms with Gasteiger partial charge in [0.25, 0.3) is 0 Å². The summed E-state index contributed by atoms with van der Waals surface area (Å²) in [5, 5.41) is 165. The van der Waals surface area contributed by atoms with E-state index < -0.39 is 177 Å². The number of carboxylic acids is 1. The van der Waals surface area contributed by atoms with Gasteiger partial charge in [-0.1, -0.05) is 60.1 Å². The van der Waals surface area contributed by atoms with Crippen LogP contribution in [0, 0.1) is 50.2 Å². The molecule has 0 amide bonds. The van der Waals surface area contributed by atoms with Crippen LogP contribution in [0.15, 0.2) is 11.6 Å². The van der Waals surface area contributed by atoms with E-state index in [0.717, 1.165) is 6.42 Å². The molecule has 4 heterocycles. The van der Waals surface area contributed by atoms with Crippen LogP contribution in [0.4, 0.5) is 0 Å². The van der Waals surface area contributed by atoms with Gasteiger partial charge in [0.15, 0.2) is 31.3 Å². The minimum atomic E-state index is -2.25. The number of rotatable bonds is 12. The first-order valence-corrected chi connectivity index (χ1v) is 27.9. The first-order valence-electron chi connectivity index (χ1n) is 27.9. The Kier molecular flexibility index (Phi) is 17.0. The van der Waals surface area contributed by atoms with Crippen molar-refractivity contribution in [3.63, 3.8) is 0 Å². The molecule has 4 aliphatic heterocycles. The van der Waals surface area contributed by atoms with Gasteiger partial charge < -0.3 is 114 Å². The van der Waals surface area contributed by atoms with Crippen molar-refractivity contribution in [1.29, 1.82) is 0 Å². The Balaban J connectivity index is 1.05. The fraction of sp³-hybridized carbons (Fsp3) is 0.944. The van der Waals surface area contributed by atoms with Crippen LogP contribution in [0.5, 0.6) is 0 Å². The predicted molar refractivity (Wildman–Crippen MR) is 265 cm³/mol. The molecule has 24 nitrogen and oxygen atoms in total. The Morgan fingerprint density at radius 2 is 1.13 bits per heavy atom.